The Morgan fingerprint density at radius 3 is 1.94 bits per heavy atom. The summed E-state index contributed by atoms with van der Waals surface area (Å²) < 4.78 is 0. The van der Waals surface area contributed by atoms with Gasteiger partial charge in [-0.25, -0.2) is 0 Å². The molecular formula is C15H16N2. The average molecular weight is 224 g/mol. The summed E-state index contributed by atoms with van der Waals surface area (Å²) in [4.78, 5) is 0. The highest BCUT2D eigenvalue weighted by atomic mass is 15.3. The molecule has 0 atom stereocenters. The van der Waals surface area contributed by atoms with Crippen molar-refractivity contribution in [2.75, 3.05) is 13.6 Å². The molecule has 0 unspecified atom stereocenters. The maximum Gasteiger partial charge on any atom is 0.0240 e. The molecule has 0 heterocycles. The van der Waals surface area contributed by atoms with Crippen LogP contribution in [-0.4, -0.2) is 13.6 Å². The molecule has 2 heteroatoms. The van der Waals surface area contributed by atoms with E-state index in [0.717, 1.165) is 6.54 Å². The van der Waals surface area contributed by atoms with Crippen LogP contribution in [0.15, 0.2) is 48.5 Å². The zero-order chi connectivity index (χ0) is 11.7. The molecule has 1 aliphatic carbocycles. The maximum atomic E-state index is 3.22. The Hall–Kier alpha value is -1.64. The van der Waals surface area contributed by atoms with Gasteiger partial charge in [-0.15, -0.1) is 0 Å². The van der Waals surface area contributed by atoms with Crippen LogP contribution in [0.5, 0.6) is 0 Å². The molecule has 0 fully saturated rings. The second-order valence-electron chi connectivity index (χ2n) is 4.36. The lowest BCUT2D eigenvalue weighted by Crippen LogP contribution is -2.31. The summed E-state index contributed by atoms with van der Waals surface area (Å²) in [6.45, 7) is 0.921. The van der Waals surface area contributed by atoms with Gasteiger partial charge in [-0.2, -0.15) is 0 Å². The Kier molecular flexibility index (Phi) is 2.67. The first-order chi connectivity index (χ1) is 8.42. The summed E-state index contributed by atoms with van der Waals surface area (Å²) in [5.41, 5.74) is 11.8. The van der Waals surface area contributed by atoms with E-state index in [1.807, 2.05) is 7.05 Å². The van der Waals surface area contributed by atoms with Gasteiger partial charge in [-0.1, -0.05) is 48.5 Å². The van der Waals surface area contributed by atoms with Crippen LogP contribution in [-0.2, 0) is 0 Å². The lowest BCUT2D eigenvalue weighted by atomic mass is 9.97. The van der Waals surface area contributed by atoms with E-state index < -0.39 is 0 Å². The fourth-order valence-corrected chi connectivity index (χ4v) is 2.68. The second-order valence-corrected chi connectivity index (χ2v) is 4.36. The molecule has 0 aliphatic heterocycles. The number of fused-ring (bicyclic) bond motifs is 3. The van der Waals surface area contributed by atoms with Crippen LogP contribution in [0.4, 0.5) is 0 Å². The van der Waals surface area contributed by atoms with Crippen molar-refractivity contribution >= 4 is 0 Å². The number of hydrogen-bond donors (Lipinski definition) is 2. The van der Waals surface area contributed by atoms with Crippen molar-refractivity contribution in [2.45, 2.75) is 5.92 Å². The van der Waals surface area contributed by atoms with Crippen molar-refractivity contribution in [1.29, 1.82) is 0 Å². The molecule has 0 aromatic heterocycles. The van der Waals surface area contributed by atoms with Gasteiger partial charge in [0, 0.05) is 12.5 Å². The highest BCUT2D eigenvalue weighted by Crippen LogP contribution is 2.43. The number of rotatable bonds is 3. The van der Waals surface area contributed by atoms with Gasteiger partial charge in [0.25, 0.3) is 0 Å². The molecule has 0 spiro atoms. The Morgan fingerprint density at radius 1 is 0.882 bits per heavy atom. The van der Waals surface area contributed by atoms with Crippen LogP contribution in [0.1, 0.15) is 17.0 Å². The topological polar surface area (TPSA) is 24.1 Å². The molecule has 0 saturated heterocycles. The van der Waals surface area contributed by atoms with Crippen molar-refractivity contribution in [3.05, 3.63) is 59.7 Å². The Balaban J connectivity index is 2.10. The third-order valence-corrected chi connectivity index (χ3v) is 3.45. The monoisotopic (exact) mass is 224 g/mol. The highest BCUT2D eigenvalue weighted by Gasteiger charge is 2.27. The van der Waals surface area contributed by atoms with E-state index in [-0.39, 0.29) is 0 Å². The summed E-state index contributed by atoms with van der Waals surface area (Å²) in [6, 6.07) is 17.4. The number of hydrogen-bond acceptors (Lipinski definition) is 2. The normalized spacial score (nSPS) is 13.5. The predicted octanol–water partition coefficient (Wildman–Crippen LogP) is 2.52. The lowest BCUT2D eigenvalue weighted by molar-refractivity contribution is 0.569. The number of hydrazine groups is 1. The SMILES string of the molecule is CNNCC1c2ccccc2-c2ccccc21. The van der Waals surface area contributed by atoms with Crippen LogP contribution in [0, 0.1) is 0 Å². The van der Waals surface area contributed by atoms with Crippen LogP contribution < -0.4 is 10.9 Å². The van der Waals surface area contributed by atoms with E-state index in [9.17, 15) is 0 Å². The van der Waals surface area contributed by atoms with Crippen molar-refractivity contribution in [3.63, 3.8) is 0 Å². The molecule has 0 saturated carbocycles. The lowest BCUT2D eigenvalue weighted by Gasteiger charge is -2.13. The Morgan fingerprint density at radius 2 is 1.41 bits per heavy atom. The van der Waals surface area contributed by atoms with Gasteiger partial charge in [0.05, 0.1) is 0 Å². The highest BCUT2D eigenvalue weighted by molar-refractivity contribution is 5.78. The molecule has 1 aliphatic rings. The first kappa shape index (κ1) is 10.5. The van der Waals surface area contributed by atoms with E-state index in [1.54, 1.807) is 0 Å². The number of nitrogens with one attached hydrogen (secondary N) is 2. The quantitative estimate of drug-likeness (QED) is 0.783. The van der Waals surface area contributed by atoms with Crippen LogP contribution in [0.3, 0.4) is 0 Å². The van der Waals surface area contributed by atoms with Crippen LogP contribution >= 0.6 is 0 Å². The molecule has 2 aromatic carbocycles. The molecule has 0 bridgehead atoms. The van der Waals surface area contributed by atoms with Gasteiger partial charge in [0.1, 0.15) is 0 Å². The van der Waals surface area contributed by atoms with Crippen molar-refractivity contribution in [1.82, 2.24) is 10.9 Å². The van der Waals surface area contributed by atoms with E-state index in [2.05, 4.69) is 59.4 Å². The minimum Gasteiger partial charge on any atom is -0.261 e. The van der Waals surface area contributed by atoms with E-state index in [0.29, 0.717) is 5.92 Å². The molecular weight excluding hydrogens is 208 g/mol. The second kappa shape index (κ2) is 4.32. The van der Waals surface area contributed by atoms with Crippen molar-refractivity contribution in [2.24, 2.45) is 0 Å². The van der Waals surface area contributed by atoms with Crippen molar-refractivity contribution in [3.8, 4) is 11.1 Å². The predicted molar refractivity (Wildman–Crippen MR) is 70.8 cm³/mol. The zero-order valence-corrected chi connectivity index (χ0v) is 9.90. The third kappa shape index (κ3) is 1.66. The molecule has 2 aromatic rings. The largest absolute Gasteiger partial charge is 0.261 e. The fraction of sp³-hybridized carbons (Fsp3) is 0.200. The summed E-state index contributed by atoms with van der Waals surface area (Å²) in [6.07, 6.45) is 0. The Labute approximate surface area is 102 Å². The van der Waals surface area contributed by atoms with E-state index in [4.69, 9.17) is 0 Å². The van der Waals surface area contributed by atoms with Gasteiger partial charge in [0.15, 0.2) is 0 Å². The van der Waals surface area contributed by atoms with Crippen LogP contribution in [0.25, 0.3) is 11.1 Å². The smallest absolute Gasteiger partial charge is 0.0240 e. The minimum atomic E-state index is 0.454. The minimum absolute atomic E-state index is 0.454. The standard InChI is InChI=1S/C15H16N2/c1-16-17-10-15-13-8-4-2-6-11(13)12-7-3-5-9-14(12)15/h2-9,15-17H,10H2,1H3. The van der Waals surface area contributed by atoms with Gasteiger partial charge < -0.3 is 0 Å². The first-order valence-electron chi connectivity index (χ1n) is 5.99. The van der Waals surface area contributed by atoms with Crippen molar-refractivity contribution < 1.29 is 0 Å². The maximum absolute atomic E-state index is 3.22. The third-order valence-electron chi connectivity index (χ3n) is 3.45. The molecule has 0 amide bonds. The summed E-state index contributed by atoms with van der Waals surface area (Å²) in [5, 5.41) is 0. The van der Waals surface area contributed by atoms with E-state index in [1.165, 1.54) is 22.3 Å². The van der Waals surface area contributed by atoms with Gasteiger partial charge in [-0.05, 0) is 29.3 Å². The average Bonchev–Trinajstić information content (AvgIpc) is 2.71. The molecule has 3 rings (SSSR count). The van der Waals surface area contributed by atoms with Crippen LogP contribution in [0.2, 0.25) is 0 Å². The van der Waals surface area contributed by atoms with Gasteiger partial charge >= 0.3 is 0 Å². The van der Waals surface area contributed by atoms with Gasteiger partial charge in [-0.3, -0.25) is 10.9 Å². The molecule has 86 valence electrons. The van der Waals surface area contributed by atoms with E-state index >= 15 is 0 Å². The molecule has 2 N–H and O–H groups in total. The number of benzene rings is 2. The molecule has 0 radical (unpaired) electrons. The summed E-state index contributed by atoms with van der Waals surface area (Å²) in [5.74, 6) is 0.454. The Bertz CT molecular complexity index is 488. The molecule has 2 nitrogen and oxygen atoms in total. The summed E-state index contributed by atoms with van der Waals surface area (Å²) in [7, 11) is 1.91. The fourth-order valence-electron chi connectivity index (χ4n) is 2.68. The zero-order valence-electron chi connectivity index (χ0n) is 9.90. The van der Waals surface area contributed by atoms with Gasteiger partial charge in [0.2, 0.25) is 0 Å². The summed E-state index contributed by atoms with van der Waals surface area (Å²) >= 11 is 0. The molecule has 17 heavy (non-hydrogen) atoms. The first-order valence-corrected chi connectivity index (χ1v) is 5.99.